The van der Waals surface area contributed by atoms with Crippen LogP contribution in [0.25, 0.3) is 0 Å². The minimum absolute atomic E-state index is 0.115. The molecule has 0 aromatic heterocycles. The molecule has 1 atom stereocenters. The van der Waals surface area contributed by atoms with E-state index in [-0.39, 0.29) is 23.5 Å². The smallest absolute Gasteiger partial charge is 0.253 e. The highest BCUT2D eigenvalue weighted by molar-refractivity contribution is 5.95. The number of carbonyl (C=O) groups is 2. The zero-order valence-corrected chi connectivity index (χ0v) is 11.7. The van der Waals surface area contributed by atoms with Crippen molar-refractivity contribution < 1.29 is 14.0 Å². The highest BCUT2D eigenvalue weighted by atomic mass is 19.1. The van der Waals surface area contributed by atoms with Crippen LogP contribution in [0.1, 0.15) is 22.8 Å². The summed E-state index contributed by atoms with van der Waals surface area (Å²) >= 11 is 0. The number of benzene rings is 1. The lowest BCUT2D eigenvalue weighted by atomic mass is 10.1. The number of amides is 2. The second kappa shape index (κ2) is 6.31. The van der Waals surface area contributed by atoms with Crippen LogP contribution in [0.4, 0.5) is 4.39 Å². The Bertz CT molecular complexity index is 488. The van der Waals surface area contributed by atoms with E-state index in [1.165, 1.54) is 23.1 Å². The molecule has 19 heavy (non-hydrogen) atoms. The lowest BCUT2D eigenvalue weighted by Crippen LogP contribution is -2.37. The highest BCUT2D eigenvalue weighted by Crippen LogP contribution is 2.13. The van der Waals surface area contributed by atoms with Crippen LogP contribution in [0, 0.1) is 18.7 Å². The fourth-order valence-electron chi connectivity index (χ4n) is 1.90. The molecule has 104 valence electrons. The lowest BCUT2D eigenvalue weighted by Gasteiger charge is -2.21. The molecule has 1 rings (SSSR count). The summed E-state index contributed by atoms with van der Waals surface area (Å²) in [7, 11) is 3.19. The van der Waals surface area contributed by atoms with E-state index in [4.69, 9.17) is 0 Å². The number of rotatable bonds is 4. The molecule has 4 nitrogen and oxygen atoms in total. The first-order valence-electron chi connectivity index (χ1n) is 6.10. The van der Waals surface area contributed by atoms with E-state index >= 15 is 0 Å². The molecule has 0 aliphatic carbocycles. The van der Waals surface area contributed by atoms with Gasteiger partial charge in [0.05, 0.1) is 5.92 Å². The molecule has 0 aliphatic rings. The van der Waals surface area contributed by atoms with E-state index in [1.807, 2.05) is 0 Å². The third-order valence-electron chi connectivity index (χ3n) is 3.01. The van der Waals surface area contributed by atoms with E-state index in [0.29, 0.717) is 17.7 Å². The van der Waals surface area contributed by atoms with E-state index in [2.05, 4.69) is 5.32 Å². The van der Waals surface area contributed by atoms with Crippen LogP contribution in [0.2, 0.25) is 0 Å². The number of hydrogen-bond donors (Lipinski definition) is 1. The van der Waals surface area contributed by atoms with Crippen molar-refractivity contribution in [3.8, 4) is 0 Å². The first-order valence-corrected chi connectivity index (χ1v) is 6.10. The SMILES string of the molecule is CNC(=O)C(C)CN(C)C(=O)c1ccc(F)cc1C. The van der Waals surface area contributed by atoms with Gasteiger partial charge in [-0.1, -0.05) is 6.92 Å². The molecular formula is C14H19FN2O2. The van der Waals surface area contributed by atoms with Gasteiger partial charge in [-0.2, -0.15) is 0 Å². The van der Waals surface area contributed by atoms with Crippen molar-refractivity contribution in [1.29, 1.82) is 0 Å². The molecule has 2 amide bonds. The Morgan fingerprint density at radius 2 is 2.05 bits per heavy atom. The van der Waals surface area contributed by atoms with Gasteiger partial charge in [-0.3, -0.25) is 9.59 Å². The summed E-state index contributed by atoms with van der Waals surface area (Å²) in [6.07, 6.45) is 0. The molecule has 0 spiro atoms. The van der Waals surface area contributed by atoms with Crippen LogP contribution < -0.4 is 5.32 Å². The number of carbonyl (C=O) groups excluding carboxylic acids is 2. The zero-order chi connectivity index (χ0) is 14.6. The molecule has 0 fully saturated rings. The molecule has 0 heterocycles. The molecule has 0 saturated heterocycles. The van der Waals surface area contributed by atoms with Crippen LogP contribution in [0.5, 0.6) is 0 Å². The molecule has 0 saturated carbocycles. The highest BCUT2D eigenvalue weighted by Gasteiger charge is 2.19. The predicted octanol–water partition coefficient (Wildman–Crippen LogP) is 1.59. The van der Waals surface area contributed by atoms with Crippen molar-refractivity contribution in [2.24, 2.45) is 5.92 Å². The fraction of sp³-hybridized carbons (Fsp3) is 0.429. The third-order valence-corrected chi connectivity index (χ3v) is 3.01. The van der Waals surface area contributed by atoms with E-state index < -0.39 is 0 Å². The summed E-state index contributed by atoms with van der Waals surface area (Å²) in [4.78, 5) is 25.1. The molecule has 1 N–H and O–H groups in total. The molecule has 0 radical (unpaired) electrons. The van der Waals surface area contributed by atoms with Crippen molar-refractivity contribution in [3.05, 3.63) is 35.1 Å². The first kappa shape index (κ1) is 15.1. The zero-order valence-electron chi connectivity index (χ0n) is 11.7. The van der Waals surface area contributed by atoms with Crippen molar-refractivity contribution in [2.45, 2.75) is 13.8 Å². The van der Waals surface area contributed by atoms with Gasteiger partial charge in [-0.25, -0.2) is 4.39 Å². The Hall–Kier alpha value is -1.91. The number of aryl methyl sites for hydroxylation is 1. The molecule has 0 bridgehead atoms. The van der Waals surface area contributed by atoms with Crippen molar-refractivity contribution in [3.63, 3.8) is 0 Å². The molecule has 5 heteroatoms. The average Bonchev–Trinajstić information content (AvgIpc) is 2.36. The van der Waals surface area contributed by atoms with Gasteiger partial charge in [-0.05, 0) is 30.7 Å². The average molecular weight is 266 g/mol. The second-order valence-electron chi connectivity index (χ2n) is 4.66. The quantitative estimate of drug-likeness (QED) is 0.899. The van der Waals surface area contributed by atoms with Crippen molar-refractivity contribution >= 4 is 11.8 Å². The number of hydrogen-bond acceptors (Lipinski definition) is 2. The number of halogens is 1. The van der Waals surface area contributed by atoms with Gasteiger partial charge in [-0.15, -0.1) is 0 Å². The van der Waals surface area contributed by atoms with Gasteiger partial charge in [0.1, 0.15) is 5.82 Å². The molecule has 1 unspecified atom stereocenters. The van der Waals surface area contributed by atoms with Gasteiger partial charge >= 0.3 is 0 Å². The largest absolute Gasteiger partial charge is 0.359 e. The number of nitrogens with one attached hydrogen (secondary N) is 1. The fourth-order valence-corrected chi connectivity index (χ4v) is 1.90. The Morgan fingerprint density at radius 3 is 2.58 bits per heavy atom. The summed E-state index contributed by atoms with van der Waals surface area (Å²) in [5.74, 6) is -0.987. The third kappa shape index (κ3) is 3.77. The minimum Gasteiger partial charge on any atom is -0.359 e. The van der Waals surface area contributed by atoms with Crippen molar-refractivity contribution in [1.82, 2.24) is 10.2 Å². The summed E-state index contributed by atoms with van der Waals surface area (Å²) < 4.78 is 13.0. The van der Waals surface area contributed by atoms with Crippen LogP contribution in [0.3, 0.4) is 0 Å². The summed E-state index contributed by atoms with van der Waals surface area (Å²) in [6.45, 7) is 3.75. The Morgan fingerprint density at radius 1 is 1.42 bits per heavy atom. The predicted molar refractivity (Wildman–Crippen MR) is 71.3 cm³/mol. The van der Waals surface area contributed by atoms with Gasteiger partial charge in [0, 0.05) is 26.2 Å². The van der Waals surface area contributed by atoms with Crippen LogP contribution in [0.15, 0.2) is 18.2 Å². The monoisotopic (exact) mass is 266 g/mol. The molecule has 1 aromatic rings. The second-order valence-corrected chi connectivity index (χ2v) is 4.66. The maximum Gasteiger partial charge on any atom is 0.253 e. The standard InChI is InChI=1S/C14H19FN2O2/c1-9-7-11(15)5-6-12(9)14(19)17(4)8-10(2)13(18)16-3/h5-7,10H,8H2,1-4H3,(H,16,18). The van der Waals surface area contributed by atoms with Crippen LogP contribution in [-0.4, -0.2) is 37.4 Å². The van der Waals surface area contributed by atoms with Gasteiger partial charge in [0.2, 0.25) is 5.91 Å². The maximum absolute atomic E-state index is 13.0. The first-order chi connectivity index (χ1) is 8.86. The van der Waals surface area contributed by atoms with Crippen LogP contribution >= 0.6 is 0 Å². The maximum atomic E-state index is 13.0. The Kier molecular flexibility index (Phi) is 5.03. The van der Waals surface area contributed by atoms with Gasteiger partial charge in [0.15, 0.2) is 0 Å². The van der Waals surface area contributed by atoms with E-state index in [0.717, 1.165) is 0 Å². The topological polar surface area (TPSA) is 49.4 Å². The summed E-state index contributed by atoms with van der Waals surface area (Å²) in [5.41, 5.74) is 1.04. The van der Waals surface area contributed by atoms with E-state index in [1.54, 1.807) is 27.9 Å². The molecule has 1 aromatic carbocycles. The summed E-state index contributed by atoms with van der Waals surface area (Å²) in [6, 6.07) is 4.05. The van der Waals surface area contributed by atoms with Crippen molar-refractivity contribution in [2.75, 3.05) is 20.6 Å². The molecular weight excluding hydrogens is 247 g/mol. The van der Waals surface area contributed by atoms with Crippen LogP contribution in [-0.2, 0) is 4.79 Å². The van der Waals surface area contributed by atoms with E-state index in [9.17, 15) is 14.0 Å². The summed E-state index contributed by atoms with van der Waals surface area (Å²) in [5, 5.41) is 2.54. The minimum atomic E-state index is -0.365. The molecule has 0 aliphatic heterocycles. The van der Waals surface area contributed by atoms with Gasteiger partial charge in [0.25, 0.3) is 5.91 Å². The lowest BCUT2D eigenvalue weighted by molar-refractivity contribution is -0.124. The Balaban J connectivity index is 2.79. The Labute approximate surface area is 112 Å². The number of nitrogens with zero attached hydrogens (tertiary/aromatic N) is 1. The van der Waals surface area contributed by atoms with Gasteiger partial charge < -0.3 is 10.2 Å². The normalized spacial score (nSPS) is 11.8.